The first-order valence-corrected chi connectivity index (χ1v) is 5.66. The summed E-state index contributed by atoms with van der Waals surface area (Å²) in [6, 6.07) is 9.23. The highest BCUT2D eigenvalue weighted by Crippen LogP contribution is 2.30. The number of aromatic nitrogens is 2. The lowest BCUT2D eigenvalue weighted by Crippen LogP contribution is -1.94. The molecule has 1 aromatic heterocycles. The molecular weight excluding hydrogens is 282 g/mol. The number of hydrogen-bond acceptors (Lipinski definition) is 4. The first-order valence-electron chi connectivity index (χ1n) is 4.86. The summed E-state index contributed by atoms with van der Waals surface area (Å²) in [6.45, 7) is 1.98. The minimum atomic E-state index is 0.208. The molecule has 0 spiro atoms. The van der Waals surface area contributed by atoms with E-state index >= 15 is 0 Å². The molecule has 0 atom stereocenters. The molecule has 0 saturated carbocycles. The lowest BCUT2D eigenvalue weighted by atomic mass is 10.2. The molecule has 0 bridgehead atoms. The first kappa shape index (κ1) is 11.6. The first-order chi connectivity index (χ1) is 8.20. The Labute approximate surface area is 107 Å². The predicted octanol–water partition coefficient (Wildman–Crippen LogP) is 3.21. The molecule has 2 aromatic rings. The van der Waals surface area contributed by atoms with Crippen LogP contribution in [0.1, 0.15) is 11.1 Å². The zero-order valence-electron chi connectivity index (χ0n) is 9.01. The highest BCUT2D eigenvalue weighted by molar-refractivity contribution is 9.10. The number of aryl methyl sites for hydroxylation is 1. The Morgan fingerprint density at radius 3 is 2.88 bits per heavy atom. The topological polar surface area (TPSA) is 58.8 Å². The van der Waals surface area contributed by atoms with Gasteiger partial charge >= 0.3 is 0 Å². The summed E-state index contributed by atoms with van der Waals surface area (Å²) in [5.41, 5.74) is 1.47. The molecule has 2 rings (SSSR count). The van der Waals surface area contributed by atoms with Gasteiger partial charge in [0.05, 0.1) is 10.7 Å². The van der Waals surface area contributed by atoms with Gasteiger partial charge in [0.1, 0.15) is 17.4 Å². The van der Waals surface area contributed by atoms with Crippen molar-refractivity contribution in [1.29, 1.82) is 5.26 Å². The number of ether oxygens (including phenoxy) is 1. The highest BCUT2D eigenvalue weighted by Gasteiger charge is 2.08. The van der Waals surface area contributed by atoms with E-state index in [1.54, 1.807) is 6.07 Å². The van der Waals surface area contributed by atoms with Gasteiger partial charge in [0.15, 0.2) is 0 Å². The summed E-state index contributed by atoms with van der Waals surface area (Å²) >= 11 is 3.39. The third kappa shape index (κ3) is 2.60. The molecule has 0 aliphatic rings. The van der Waals surface area contributed by atoms with Crippen molar-refractivity contribution in [3.05, 3.63) is 46.1 Å². The molecule has 0 saturated heterocycles. The van der Waals surface area contributed by atoms with Crippen LogP contribution < -0.4 is 4.74 Å². The fraction of sp³-hybridized carbons (Fsp3) is 0.0833. The Morgan fingerprint density at radius 2 is 2.18 bits per heavy atom. The van der Waals surface area contributed by atoms with E-state index in [9.17, 15) is 0 Å². The lowest BCUT2D eigenvalue weighted by molar-refractivity contribution is 0.450. The molecule has 1 heterocycles. The van der Waals surface area contributed by atoms with Crippen LogP contribution in [0.15, 0.2) is 34.9 Å². The molecule has 0 radical (unpaired) electrons. The fourth-order valence-corrected chi connectivity index (χ4v) is 1.85. The largest absolute Gasteiger partial charge is 0.435 e. The zero-order valence-corrected chi connectivity index (χ0v) is 10.6. The maximum absolute atomic E-state index is 8.90. The summed E-state index contributed by atoms with van der Waals surface area (Å²) in [5.74, 6) is 0.812. The van der Waals surface area contributed by atoms with E-state index < -0.39 is 0 Å². The van der Waals surface area contributed by atoms with Crippen LogP contribution in [0, 0.1) is 18.3 Å². The van der Waals surface area contributed by atoms with Crippen molar-refractivity contribution in [2.24, 2.45) is 0 Å². The van der Waals surface area contributed by atoms with Crippen molar-refractivity contribution >= 4 is 15.9 Å². The molecule has 4 nitrogen and oxygen atoms in total. The van der Waals surface area contributed by atoms with E-state index in [4.69, 9.17) is 10.00 Å². The second kappa shape index (κ2) is 4.93. The monoisotopic (exact) mass is 289 g/mol. The fourth-order valence-electron chi connectivity index (χ4n) is 1.27. The smallest absolute Gasteiger partial charge is 0.256 e. The molecule has 0 aliphatic heterocycles. The van der Waals surface area contributed by atoms with Crippen LogP contribution in [-0.4, -0.2) is 10.2 Å². The number of halogens is 1. The van der Waals surface area contributed by atoms with Crippen LogP contribution in [-0.2, 0) is 0 Å². The zero-order chi connectivity index (χ0) is 12.3. The van der Waals surface area contributed by atoms with Crippen molar-refractivity contribution in [1.82, 2.24) is 10.2 Å². The van der Waals surface area contributed by atoms with Crippen LogP contribution >= 0.6 is 15.9 Å². The molecule has 17 heavy (non-hydrogen) atoms. The molecule has 0 fully saturated rings. The number of nitrogens with zero attached hydrogens (tertiary/aromatic N) is 3. The van der Waals surface area contributed by atoms with Gasteiger partial charge in [-0.25, -0.2) is 0 Å². The van der Waals surface area contributed by atoms with E-state index in [0.29, 0.717) is 11.3 Å². The number of nitriles is 1. The molecule has 5 heteroatoms. The molecular formula is C12H8BrN3O. The van der Waals surface area contributed by atoms with E-state index in [1.165, 1.54) is 6.20 Å². The summed E-state index contributed by atoms with van der Waals surface area (Å²) in [6.07, 6.45) is 1.45. The van der Waals surface area contributed by atoms with Crippen molar-refractivity contribution in [2.75, 3.05) is 0 Å². The molecule has 0 aliphatic carbocycles. The van der Waals surface area contributed by atoms with E-state index in [0.717, 1.165) is 10.0 Å². The van der Waals surface area contributed by atoms with Crippen molar-refractivity contribution < 1.29 is 4.74 Å². The van der Waals surface area contributed by atoms with Gasteiger partial charge in [-0.2, -0.15) is 10.4 Å². The van der Waals surface area contributed by atoms with Gasteiger partial charge in [-0.05, 0) is 46.6 Å². The van der Waals surface area contributed by atoms with Crippen LogP contribution in [0.25, 0.3) is 0 Å². The lowest BCUT2D eigenvalue weighted by Gasteiger charge is -2.07. The van der Waals surface area contributed by atoms with Crippen LogP contribution in [0.4, 0.5) is 0 Å². The van der Waals surface area contributed by atoms with Gasteiger partial charge in [0.25, 0.3) is 5.88 Å². The van der Waals surface area contributed by atoms with Gasteiger partial charge in [-0.1, -0.05) is 6.07 Å². The average molecular weight is 290 g/mol. The predicted molar refractivity (Wildman–Crippen MR) is 65.7 cm³/mol. The Hall–Kier alpha value is -1.93. The standard InChI is InChI=1S/C12H8BrN3O/c1-8-2-3-11(10(13)6-8)17-12-9(7-14)4-5-15-16-12/h2-6H,1H3. The Balaban J connectivity index is 2.35. The minimum Gasteiger partial charge on any atom is -0.435 e. The maximum Gasteiger partial charge on any atom is 0.256 e. The Kier molecular flexibility index (Phi) is 3.35. The number of rotatable bonds is 2. The molecule has 0 amide bonds. The van der Waals surface area contributed by atoms with Gasteiger partial charge in [-0.3, -0.25) is 0 Å². The van der Waals surface area contributed by atoms with E-state index in [-0.39, 0.29) is 5.88 Å². The summed E-state index contributed by atoms with van der Waals surface area (Å²) in [5, 5.41) is 16.4. The second-order valence-electron chi connectivity index (χ2n) is 3.40. The summed E-state index contributed by atoms with van der Waals surface area (Å²) < 4.78 is 6.36. The number of hydrogen-bond donors (Lipinski definition) is 0. The van der Waals surface area contributed by atoms with Crippen molar-refractivity contribution in [2.45, 2.75) is 6.92 Å². The minimum absolute atomic E-state index is 0.208. The highest BCUT2D eigenvalue weighted by atomic mass is 79.9. The van der Waals surface area contributed by atoms with Crippen LogP contribution in [0.3, 0.4) is 0 Å². The normalized spacial score (nSPS) is 9.71. The second-order valence-corrected chi connectivity index (χ2v) is 4.25. The van der Waals surface area contributed by atoms with Crippen molar-refractivity contribution in [3.63, 3.8) is 0 Å². The molecule has 0 N–H and O–H groups in total. The van der Waals surface area contributed by atoms with E-state index in [1.807, 2.05) is 31.2 Å². The third-order valence-electron chi connectivity index (χ3n) is 2.10. The van der Waals surface area contributed by atoms with Gasteiger partial charge in [0, 0.05) is 0 Å². The van der Waals surface area contributed by atoms with Gasteiger partial charge in [-0.15, -0.1) is 5.10 Å². The Bertz CT molecular complexity index is 593. The number of benzene rings is 1. The quantitative estimate of drug-likeness (QED) is 0.852. The van der Waals surface area contributed by atoms with Crippen LogP contribution in [0.5, 0.6) is 11.6 Å². The molecule has 1 aromatic carbocycles. The van der Waals surface area contributed by atoms with Crippen LogP contribution in [0.2, 0.25) is 0 Å². The summed E-state index contributed by atoms with van der Waals surface area (Å²) in [7, 11) is 0. The SMILES string of the molecule is Cc1ccc(Oc2nnccc2C#N)c(Br)c1. The van der Waals surface area contributed by atoms with E-state index in [2.05, 4.69) is 26.1 Å². The van der Waals surface area contributed by atoms with Gasteiger partial charge < -0.3 is 4.74 Å². The summed E-state index contributed by atoms with van der Waals surface area (Å²) in [4.78, 5) is 0. The maximum atomic E-state index is 8.90. The Morgan fingerprint density at radius 1 is 1.35 bits per heavy atom. The van der Waals surface area contributed by atoms with Crippen molar-refractivity contribution in [3.8, 4) is 17.7 Å². The third-order valence-corrected chi connectivity index (χ3v) is 2.72. The van der Waals surface area contributed by atoms with Gasteiger partial charge in [0.2, 0.25) is 0 Å². The average Bonchev–Trinajstić information content (AvgIpc) is 2.33. The molecule has 0 unspecified atom stereocenters. The molecule has 84 valence electrons.